The van der Waals surface area contributed by atoms with Gasteiger partial charge in [0.05, 0.1) is 6.07 Å². The van der Waals surface area contributed by atoms with Crippen molar-refractivity contribution in [1.29, 1.82) is 0 Å². The van der Waals surface area contributed by atoms with Gasteiger partial charge in [-0.3, -0.25) is 14.9 Å². The monoisotopic (exact) mass is 317 g/mol. The molecule has 0 bridgehead atoms. The van der Waals surface area contributed by atoms with Crippen LogP contribution in [-0.2, 0) is 6.54 Å². The Morgan fingerprint density at radius 1 is 1.17 bits per heavy atom. The number of anilines is 1. The van der Waals surface area contributed by atoms with E-state index in [9.17, 15) is 14.9 Å². The second-order valence-electron chi connectivity index (χ2n) is 5.28. The number of hydrogen-bond acceptors (Lipinski definition) is 5. The summed E-state index contributed by atoms with van der Waals surface area (Å²) in [5, 5.41) is 10.6. The standard InChI is InChI=1S/C16H19N3O4/c1-4-18(11-12-5-7-13(8-6-12)17(2)3)16(20)14-9-10-15(23-14)19(21)22/h5-10H,4,11H2,1-3H3. The summed E-state index contributed by atoms with van der Waals surface area (Å²) in [6.07, 6.45) is 0. The second-order valence-corrected chi connectivity index (χ2v) is 5.28. The van der Waals surface area contributed by atoms with Gasteiger partial charge in [-0.15, -0.1) is 0 Å². The molecule has 0 N–H and O–H groups in total. The van der Waals surface area contributed by atoms with Gasteiger partial charge in [0.25, 0.3) is 5.91 Å². The molecule has 0 radical (unpaired) electrons. The Balaban J connectivity index is 2.12. The summed E-state index contributed by atoms with van der Waals surface area (Å²) < 4.78 is 4.98. The molecule has 122 valence electrons. The highest BCUT2D eigenvalue weighted by Crippen LogP contribution is 2.19. The van der Waals surface area contributed by atoms with Crippen LogP contribution in [0.1, 0.15) is 23.0 Å². The molecule has 1 amide bonds. The van der Waals surface area contributed by atoms with Gasteiger partial charge in [0.15, 0.2) is 5.76 Å². The molecule has 0 unspecified atom stereocenters. The minimum atomic E-state index is -0.660. The maximum Gasteiger partial charge on any atom is 0.433 e. The van der Waals surface area contributed by atoms with E-state index in [-0.39, 0.29) is 11.7 Å². The molecular weight excluding hydrogens is 298 g/mol. The fourth-order valence-corrected chi connectivity index (χ4v) is 2.14. The Bertz CT molecular complexity index is 692. The third-order valence-electron chi connectivity index (χ3n) is 3.48. The third kappa shape index (κ3) is 3.88. The van der Waals surface area contributed by atoms with E-state index in [0.29, 0.717) is 13.1 Å². The van der Waals surface area contributed by atoms with Gasteiger partial charge in [-0.05, 0) is 30.7 Å². The topological polar surface area (TPSA) is 79.8 Å². The van der Waals surface area contributed by atoms with Crippen molar-refractivity contribution in [3.05, 3.63) is 57.8 Å². The van der Waals surface area contributed by atoms with Gasteiger partial charge in [-0.1, -0.05) is 12.1 Å². The van der Waals surface area contributed by atoms with Crippen LogP contribution in [0.25, 0.3) is 0 Å². The highest BCUT2D eigenvalue weighted by atomic mass is 16.6. The Morgan fingerprint density at radius 3 is 2.30 bits per heavy atom. The largest absolute Gasteiger partial charge is 0.433 e. The highest BCUT2D eigenvalue weighted by molar-refractivity contribution is 5.91. The van der Waals surface area contributed by atoms with Gasteiger partial charge in [0, 0.05) is 32.9 Å². The van der Waals surface area contributed by atoms with Crippen molar-refractivity contribution in [2.45, 2.75) is 13.5 Å². The second kappa shape index (κ2) is 6.95. The lowest BCUT2D eigenvalue weighted by atomic mass is 10.2. The van der Waals surface area contributed by atoms with Crippen LogP contribution in [0.2, 0.25) is 0 Å². The number of amides is 1. The maximum atomic E-state index is 12.4. The lowest BCUT2D eigenvalue weighted by Crippen LogP contribution is -2.30. The molecule has 7 nitrogen and oxygen atoms in total. The van der Waals surface area contributed by atoms with Crippen molar-refractivity contribution in [2.75, 3.05) is 25.5 Å². The normalized spacial score (nSPS) is 10.4. The van der Waals surface area contributed by atoms with E-state index in [2.05, 4.69) is 0 Å². The van der Waals surface area contributed by atoms with E-state index in [1.54, 1.807) is 4.90 Å². The van der Waals surface area contributed by atoms with Gasteiger partial charge in [0.2, 0.25) is 0 Å². The van der Waals surface area contributed by atoms with Crippen LogP contribution in [0.5, 0.6) is 0 Å². The summed E-state index contributed by atoms with van der Waals surface area (Å²) in [5.41, 5.74) is 2.05. The lowest BCUT2D eigenvalue weighted by molar-refractivity contribution is -0.402. The van der Waals surface area contributed by atoms with Gasteiger partial charge in [0.1, 0.15) is 4.92 Å². The van der Waals surface area contributed by atoms with Crippen LogP contribution in [-0.4, -0.2) is 36.4 Å². The van der Waals surface area contributed by atoms with Crippen molar-refractivity contribution in [2.24, 2.45) is 0 Å². The molecule has 0 saturated heterocycles. The number of carbonyl (C=O) groups excluding carboxylic acids is 1. The molecule has 0 aliphatic heterocycles. The molecule has 1 aromatic heterocycles. The molecule has 7 heteroatoms. The van der Waals surface area contributed by atoms with E-state index >= 15 is 0 Å². The molecule has 1 heterocycles. The van der Waals surface area contributed by atoms with Crippen LogP contribution >= 0.6 is 0 Å². The van der Waals surface area contributed by atoms with E-state index in [1.165, 1.54) is 12.1 Å². The molecule has 0 fully saturated rings. The van der Waals surface area contributed by atoms with Crippen molar-refractivity contribution >= 4 is 17.5 Å². The van der Waals surface area contributed by atoms with E-state index in [4.69, 9.17) is 4.42 Å². The molecule has 1 aromatic carbocycles. The zero-order valence-electron chi connectivity index (χ0n) is 13.4. The zero-order chi connectivity index (χ0) is 17.0. The number of carbonyl (C=O) groups is 1. The fraction of sp³-hybridized carbons (Fsp3) is 0.312. The minimum absolute atomic E-state index is 0.0246. The van der Waals surface area contributed by atoms with E-state index < -0.39 is 10.8 Å². The number of furan rings is 1. The van der Waals surface area contributed by atoms with Gasteiger partial charge < -0.3 is 14.2 Å². The molecule has 0 spiro atoms. The molecule has 0 saturated carbocycles. The van der Waals surface area contributed by atoms with Gasteiger partial charge in [-0.2, -0.15) is 0 Å². The smallest absolute Gasteiger partial charge is 0.395 e. The summed E-state index contributed by atoms with van der Waals surface area (Å²) in [6, 6.07) is 10.4. The van der Waals surface area contributed by atoms with Crippen LogP contribution in [0, 0.1) is 10.1 Å². The predicted molar refractivity (Wildman–Crippen MR) is 86.5 cm³/mol. The number of nitro groups is 1. The number of benzene rings is 1. The lowest BCUT2D eigenvalue weighted by Gasteiger charge is -2.20. The minimum Gasteiger partial charge on any atom is -0.395 e. The average molecular weight is 317 g/mol. The highest BCUT2D eigenvalue weighted by Gasteiger charge is 2.21. The predicted octanol–water partition coefficient (Wildman–Crippen LogP) is 2.92. The molecule has 0 aliphatic carbocycles. The molecule has 23 heavy (non-hydrogen) atoms. The van der Waals surface area contributed by atoms with Crippen molar-refractivity contribution in [3.63, 3.8) is 0 Å². The molecule has 2 rings (SSSR count). The Morgan fingerprint density at radius 2 is 1.83 bits per heavy atom. The first-order valence-electron chi connectivity index (χ1n) is 7.22. The first kappa shape index (κ1) is 16.5. The van der Waals surface area contributed by atoms with Crippen molar-refractivity contribution in [3.8, 4) is 0 Å². The molecular formula is C16H19N3O4. The maximum absolute atomic E-state index is 12.4. The van der Waals surface area contributed by atoms with Crippen LogP contribution in [0.15, 0.2) is 40.8 Å². The summed E-state index contributed by atoms with van der Waals surface area (Å²) in [5.74, 6) is -0.819. The Hall–Kier alpha value is -2.83. The molecule has 2 aromatic rings. The van der Waals surface area contributed by atoms with Crippen molar-refractivity contribution < 1.29 is 14.1 Å². The Labute approximate surface area is 134 Å². The number of nitrogens with zero attached hydrogens (tertiary/aromatic N) is 3. The zero-order valence-corrected chi connectivity index (χ0v) is 13.4. The first-order valence-corrected chi connectivity index (χ1v) is 7.22. The number of hydrogen-bond donors (Lipinski definition) is 0. The third-order valence-corrected chi connectivity index (χ3v) is 3.48. The molecule has 0 atom stereocenters. The summed E-state index contributed by atoms with van der Waals surface area (Å²) in [7, 11) is 3.92. The summed E-state index contributed by atoms with van der Waals surface area (Å²) >= 11 is 0. The Kier molecular flexibility index (Phi) is 5.00. The van der Waals surface area contributed by atoms with Crippen molar-refractivity contribution in [1.82, 2.24) is 4.90 Å². The van der Waals surface area contributed by atoms with Gasteiger partial charge >= 0.3 is 5.88 Å². The van der Waals surface area contributed by atoms with Crippen LogP contribution in [0.3, 0.4) is 0 Å². The number of rotatable bonds is 6. The summed E-state index contributed by atoms with van der Waals surface area (Å²) in [6.45, 7) is 2.74. The molecule has 0 aliphatic rings. The van der Waals surface area contributed by atoms with Crippen LogP contribution < -0.4 is 4.90 Å². The quantitative estimate of drug-likeness (QED) is 0.604. The first-order chi connectivity index (χ1) is 10.9. The SMILES string of the molecule is CCN(Cc1ccc(N(C)C)cc1)C(=O)c1ccc([N+](=O)[O-])o1. The summed E-state index contributed by atoms with van der Waals surface area (Å²) in [4.78, 5) is 25.9. The van der Waals surface area contributed by atoms with E-state index in [1.807, 2.05) is 50.2 Å². The van der Waals surface area contributed by atoms with E-state index in [0.717, 1.165) is 11.3 Å². The average Bonchev–Trinajstić information content (AvgIpc) is 3.02. The van der Waals surface area contributed by atoms with Crippen LogP contribution in [0.4, 0.5) is 11.6 Å². The van der Waals surface area contributed by atoms with Gasteiger partial charge in [-0.25, -0.2) is 0 Å². The fourth-order valence-electron chi connectivity index (χ4n) is 2.14.